The zero-order valence-electron chi connectivity index (χ0n) is 24.0. The molecule has 7 nitrogen and oxygen atoms in total. The Labute approximate surface area is 237 Å². The molecule has 0 saturated carbocycles. The number of hydrogen-bond acceptors (Lipinski definition) is 5. The Morgan fingerprint density at radius 1 is 0.750 bits per heavy atom. The summed E-state index contributed by atoms with van der Waals surface area (Å²) in [5.41, 5.74) is 1.63. The van der Waals surface area contributed by atoms with Gasteiger partial charge in [0.2, 0.25) is 5.91 Å². The van der Waals surface area contributed by atoms with Crippen LogP contribution in [0.25, 0.3) is 0 Å². The van der Waals surface area contributed by atoms with Crippen LogP contribution in [0.5, 0.6) is 5.75 Å². The molecule has 3 aromatic rings. The van der Waals surface area contributed by atoms with Gasteiger partial charge in [-0.3, -0.25) is 9.59 Å². The minimum absolute atomic E-state index is 0.134. The quantitative estimate of drug-likeness (QED) is 0.295. The maximum atomic E-state index is 13.4. The first kappa shape index (κ1) is 30.4. The maximum Gasteiger partial charge on any atom is 0.329 e. The van der Waals surface area contributed by atoms with Crippen LogP contribution in [0.2, 0.25) is 0 Å². The molecule has 7 heteroatoms. The molecule has 0 aliphatic carbocycles. The number of carbonyl (C=O) groups is 3. The molecular weight excluding hydrogens is 504 g/mol. The van der Waals surface area contributed by atoms with Gasteiger partial charge in [0.25, 0.3) is 5.91 Å². The fourth-order valence-corrected chi connectivity index (χ4v) is 4.07. The summed E-state index contributed by atoms with van der Waals surface area (Å²) in [6.45, 7) is 9.74. The normalized spacial score (nSPS) is 12.8. The highest BCUT2D eigenvalue weighted by Crippen LogP contribution is 2.17. The van der Waals surface area contributed by atoms with Crippen molar-refractivity contribution in [1.82, 2.24) is 10.6 Å². The molecule has 2 atom stereocenters. The minimum atomic E-state index is -0.939. The molecule has 0 heterocycles. The molecule has 2 unspecified atom stereocenters. The summed E-state index contributed by atoms with van der Waals surface area (Å²) in [4.78, 5) is 39.4. The molecule has 40 heavy (non-hydrogen) atoms. The van der Waals surface area contributed by atoms with Crippen LogP contribution in [0.4, 0.5) is 0 Å². The highest BCUT2D eigenvalue weighted by molar-refractivity contribution is 5.98. The van der Waals surface area contributed by atoms with Crippen LogP contribution in [0.3, 0.4) is 0 Å². The van der Waals surface area contributed by atoms with E-state index >= 15 is 0 Å². The van der Waals surface area contributed by atoms with Crippen LogP contribution in [-0.4, -0.2) is 35.5 Å². The second-order valence-electron chi connectivity index (χ2n) is 11.2. The van der Waals surface area contributed by atoms with Gasteiger partial charge in [-0.2, -0.15) is 0 Å². The molecule has 0 spiro atoms. The second kappa shape index (κ2) is 14.3. The van der Waals surface area contributed by atoms with E-state index in [1.807, 2.05) is 74.5 Å². The number of carbonyl (C=O) groups excluding carboxylic acids is 3. The van der Waals surface area contributed by atoms with Gasteiger partial charge in [0.05, 0.1) is 0 Å². The lowest BCUT2D eigenvalue weighted by Crippen LogP contribution is -2.53. The van der Waals surface area contributed by atoms with Crippen LogP contribution >= 0.6 is 0 Å². The smallest absolute Gasteiger partial charge is 0.329 e. The first-order valence-corrected chi connectivity index (χ1v) is 13.6. The third-order valence-electron chi connectivity index (χ3n) is 5.98. The van der Waals surface area contributed by atoms with E-state index < -0.39 is 29.6 Å². The van der Waals surface area contributed by atoms with E-state index in [2.05, 4.69) is 10.6 Å². The average Bonchev–Trinajstić information content (AvgIpc) is 2.91. The lowest BCUT2D eigenvalue weighted by molar-refractivity contribution is -0.158. The molecule has 212 valence electrons. The standard InChI is InChI=1S/C33H40N2O5/c1-23(2)20-28(34-30(36)26-14-10-7-11-15-26)31(37)35-29(32(38)40-33(3,4)5)21-24-16-18-27(19-17-24)39-22-25-12-8-6-9-13-25/h6-19,23,28-29H,20-22H2,1-5H3,(H,34,36)(H,35,37). The lowest BCUT2D eigenvalue weighted by atomic mass is 10.0. The van der Waals surface area contributed by atoms with Crippen molar-refractivity contribution in [2.45, 2.75) is 71.8 Å². The third-order valence-corrected chi connectivity index (χ3v) is 5.98. The van der Waals surface area contributed by atoms with Crippen LogP contribution in [0.1, 0.15) is 62.5 Å². The van der Waals surface area contributed by atoms with Gasteiger partial charge >= 0.3 is 5.97 Å². The largest absolute Gasteiger partial charge is 0.489 e. The summed E-state index contributed by atoms with van der Waals surface area (Å²) < 4.78 is 11.5. The van der Waals surface area contributed by atoms with E-state index in [1.165, 1.54) is 0 Å². The van der Waals surface area contributed by atoms with E-state index in [9.17, 15) is 14.4 Å². The average molecular weight is 545 g/mol. The van der Waals surface area contributed by atoms with E-state index in [4.69, 9.17) is 9.47 Å². The topological polar surface area (TPSA) is 93.7 Å². The summed E-state index contributed by atoms with van der Waals surface area (Å²) in [5.74, 6) is -0.484. The van der Waals surface area contributed by atoms with Gasteiger partial charge in [-0.05, 0) is 68.5 Å². The fourth-order valence-electron chi connectivity index (χ4n) is 4.07. The molecule has 3 rings (SSSR count). The number of esters is 1. The van der Waals surface area contributed by atoms with Crippen LogP contribution in [0, 0.1) is 5.92 Å². The summed E-state index contributed by atoms with van der Waals surface area (Å²) in [5, 5.41) is 5.69. The Hall–Kier alpha value is -4.13. The first-order chi connectivity index (χ1) is 19.0. The number of ether oxygens (including phenoxy) is 2. The zero-order chi connectivity index (χ0) is 29.1. The lowest BCUT2D eigenvalue weighted by Gasteiger charge is -2.27. The van der Waals surface area contributed by atoms with E-state index in [1.54, 1.807) is 45.0 Å². The van der Waals surface area contributed by atoms with Crippen molar-refractivity contribution in [3.8, 4) is 5.75 Å². The van der Waals surface area contributed by atoms with Crippen LogP contribution in [0.15, 0.2) is 84.9 Å². The van der Waals surface area contributed by atoms with Gasteiger partial charge in [-0.15, -0.1) is 0 Å². The van der Waals surface area contributed by atoms with Gasteiger partial charge in [0, 0.05) is 12.0 Å². The van der Waals surface area contributed by atoms with Gasteiger partial charge in [0.15, 0.2) is 0 Å². The third kappa shape index (κ3) is 10.2. The minimum Gasteiger partial charge on any atom is -0.489 e. The summed E-state index contributed by atoms with van der Waals surface area (Å²) >= 11 is 0. The van der Waals surface area contributed by atoms with Crippen molar-refractivity contribution < 1.29 is 23.9 Å². The van der Waals surface area contributed by atoms with Gasteiger partial charge in [0.1, 0.15) is 30.0 Å². The summed E-state index contributed by atoms with van der Waals surface area (Å²) in [6.07, 6.45) is 0.638. The second-order valence-corrected chi connectivity index (χ2v) is 11.2. The van der Waals surface area contributed by atoms with Crippen LogP contribution in [-0.2, 0) is 27.4 Å². The Morgan fingerprint density at radius 3 is 1.93 bits per heavy atom. The van der Waals surface area contributed by atoms with Gasteiger partial charge < -0.3 is 20.1 Å². The molecule has 2 amide bonds. The maximum absolute atomic E-state index is 13.4. The number of benzene rings is 3. The molecule has 0 fully saturated rings. The number of amides is 2. The van der Waals surface area contributed by atoms with E-state index in [0.29, 0.717) is 24.3 Å². The molecule has 0 radical (unpaired) electrons. The first-order valence-electron chi connectivity index (χ1n) is 13.6. The Morgan fingerprint density at radius 2 is 1.35 bits per heavy atom. The molecule has 0 bridgehead atoms. The monoisotopic (exact) mass is 544 g/mol. The SMILES string of the molecule is CC(C)CC(NC(=O)c1ccccc1)C(=O)NC(Cc1ccc(OCc2ccccc2)cc1)C(=O)OC(C)(C)C. The summed E-state index contributed by atoms with van der Waals surface area (Å²) in [6, 6.07) is 24.3. The predicted octanol–water partition coefficient (Wildman–Crippen LogP) is 5.48. The van der Waals surface area contributed by atoms with Crippen molar-refractivity contribution in [2.24, 2.45) is 5.92 Å². The van der Waals surface area contributed by atoms with Crippen molar-refractivity contribution in [1.29, 1.82) is 0 Å². The molecule has 0 aromatic heterocycles. The molecule has 3 aromatic carbocycles. The van der Waals surface area contributed by atoms with Gasteiger partial charge in [-0.25, -0.2) is 4.79 Å². The fraction of sp³-hybridized carbons (Fsp3) is 0.364. The number of rotatable bonds is 12. The Kier molecular flexibility index (Phi) is 10.9. The van der Waals surface area contributed by atoms with Crippen molar-refractivity contribution in [3.63, 3.8) is 0 Å². The Balaban J connectivity index is 1.72. The molecular formula is C33H40N2O5. The Bertz CT molecular complexity index is 1240. The molecule has 0 aliphatic heterocycles. The van der Waals surface area contributed by atoms with Crippen LogP contribution < -0.4 is 15.4 Å². The molecule has 0 saturated heterocycles. The summed E-state index contributed by atoms with van der Waals surface area (Å²) in [7, 11) is 0. The number of nitrogens with one attached hydrogen (secondary N) is 2. The van der Waals surface area contributed by atoms with E-state index in [0.717, 1.165) is 11.1 Å². The van der Waals surface area contributed by atoms with Crippen molar-refractivity contribution >= 4 is 17.8 Å². The highest BCUT2D eigenvalue weighted by atomic mass is 16.6. The number of hydrogen-bond donors (Lipinski definition) is 2. The van der Waals surface area contributed by atoms with E-state index in [-0.39, 0.29) is 18.2 Å². The highest BCUT2D eigenvalue weighted by Gasteiger charge is 2.30. The van der Waals surface area contributed by atoms with Crippen molar-refractivity contribution in [3.05, 3.63) is 102 Å². The predicted molar refractivity (Wildman–Crippen MR) is 156 cm³/mol. The van der Waals surface area contributed by atoms with Crippen molar-refractivity contribution in [2.75, 3.05) is 0 Å². The zero-order valence-corrected chi connectivity index (χ0v) is 24.0. The van der Waals surface area contributed by atoms with Gasteiger partial charge in [-0.1, -0.05) is 74.5 Å². The molecule has 2 N–H and O–H groups in total. The molecule has 0 aliphatic rings.